The predicted molar refractivity (Wildman–Crippen MR) is 56.8 cm³/mol. The lowest BCUT2D eigenvalue weighted by molar-refractivity contribution is 0.948. The van der Waals surface area contributed by atoms with E-state index in [0.29, 0.717) is 0 Å². The lowest BCUT2D eigenvalue weighted by Crippen LogP contribution is -2.05. The molecule has 0 N–H and O–H groups in total. The van der Waals surface area contributed by atoms with E-state index in [9.17, 15) is 0 Å². The first-order valence-corrected chi connectivity index (χ1v) is 4.76. The number of allylic oxidation sites excluding steroid dienone is 1. The van der Waals surface area contributed by atoms with Gasteiger partial charge in [-0.1, -0.05) is 59.0 Å². The van der Waals surface area contributed by atoms with E-state index in [1.807, 2.05) is 0 Å². The van der Waals surface area contributed by atoms with Gasteiger partial charge in [-0.3, -0.25) is 0 Å². The maximum Gasteiger partial charge on any atom is 0.0630 e. The van der Waals surface area contributed by atoms with Crippen LogP contribution in [0.15, 0.2) is 30.3 Å². The maximum absolute atomic E-state index is 2.47. The Balaban J connectivity index is 2.64. The van der Waals surface area contributed by atoms with Crippen molar-refractivity contribution >= 4 is 28.7 Å². The van der Waals surface area contributed by atoms with Gasteiger partial charge in [0.1, 0.15) is 0 Å². The largest absolute Gasteiger partial charge is 0.0693 e. The maximum atomic E-state index is 2.47. The smallest absolute Gasteiger partial charge is 0.0630 e. The Labute approximate surface area is 80.5 Å². The SMILES string of the molecule is CC1(I)C=Cc2ccccc21. The first kappa shape index (κ1) is 7.35. The van der Waals surface area contributed by atoms with Crippen molar-refractivity contribution in [1.82, 2.24) is 0 Å². The zero-order valence-electron chi connectivity index (χ0n) is 6.34. The monoisotopic (exact) mass is 256 g/mol. The summed E-state index contributed by atoms with van der Waals surface area (Å²) in [7, 11) is 0. The van der Waals surface area contributed by atoms with E-state index in [1.165, 1.54) is 11.1 Å². The van der Waals surface area contributed by atoms with Crippen molar-refractivity contribution in [2.75, 3.05) is 0 Å². The molecule has 0 aromatic heterocycles. The highest BCUT2D eigenvalue weighted by Gasteiger charge is 2.25. The molecule has 11 heavy (non-hydrogen) atoms. The molecule has 0 saturated heterocycles. The molecule has 0 saturated carbocycles. The van der Waals surface area contributed by atoms with Crippen LogP contribution in [0.25, 0.3) is 6.08 Å². The van der Waals surface area contributed by atoms with E-state index >= 15 is 0 Å². The second-order valence-electron chi connectivity index (χ2n) is 3.00. The summed E-state index contributed by atoms with van der Waals surface area (Å²) in [6.07, 6.45) is 4.44. The van der Waals surface area contributed by atoms with Crippen molar-refractivity contribution in [3.05, 3.63) is 41.5 Å². The van der Waals surface area contributed by atoms with Crippen molar-refractivity contribution in [3.8, 4) is 0 Å². The van der Waals surface area contributed by atoms with Gasteiger partial charge in [0.25, 0.3) is 0 Å². The molecule has 0 heterocycles. The number of halogens is 1. The Kier molecular flexibility index (Phi) is 1.56. The summed E-state index contributed by atoms with van der Waals surface area (Å²) in [5, 5.41) is 0. The molecule has 1 aromatic carbocycles. The molecule has 1 unspecified atom stereocenters. The Hall–Kier alpha value is -0.310. The Morgan fingerprint density at radius 2 is 2.00 bits per heavy atom. The number of alkyl halides is 1. The predicted octanol–water partition coefficient (Wildman–Crippen LogP) is 3.36. The summed E-state index contributed by atoms with van der Waals surface area (Å²) in [5.74, 6) is 0. The molecule has 0 radical (unpaired) electrons. The highest BCUT2D eigenvalue weighted by atomic mass is 127. The third kappa shape index (κ3) is 1.11. The van der Waals surface area contributed by atoms with Crippen molar-refractivity contribution in [3.63, 3.8) is 0 Å². The summed E-state index contributed by atoms with van der Waals surface area (Å²) in [6, 6.07) is 8.54. The third-order valence-corrected chi connectivity index (χ3v) is 3.00. The van der Waals surface area contributed by atoms with Crippen LogP contribution in [-0.4, -0.2) is 0 Å². The summed E-state index contributed by atoms with van der Waals surface area (Å²) in [5.41, 5.74) is 2.80. The highest BCUT2D eigenvalue weighted by Crippen LogP contribution is 2.40. The molecule has 0 amide bonds. The number of hydrogen-bond acceptors (Lipinski definition) is 0. The molecule has 0 aliphatic heterocycles. The van der Waals surface area contributed by atoms with Crippen LogP contribution in [0.3, 0.4) is 0 Å². The van der Waals surface area contributed by atoms with Gasteiger partial charge in [0, 0.05) is 0 Å². The highest BCUT2D eigenvalue weighted by molar-refractivity contribution is 14.1. The molecule has 1 aliphatic rings. The average molecular weight is 256 g/mol. The fourth-order valence-electron chi connectivity index (χ4n) is 1.42. The lowest BCUT2D eigenvalue weighted by Gasteiger charge is -2.14. The van der Waals surface area contributed by atoms with E-state index in [0.717, 1.165) is 0 Å². The molecule has 56 valence electrons. The van der Waals surface area contributed by atoms with E-state index in [-0.39, 0.29) is 3.42 Å². The van der Waals surface area contributed by atoms with E-state index < -0.39 is 0 Å². The quantitative estimate of drug-likeness (QED) is 0.493. The van der Waals surface area contributed by atoms with Crippen molar-refractivity contribution in [2.45, 2.75) is 10.3 Å². The fourth-order valence-corrected chi connectivity index (χ4v) is 2.09. The van der Waals surface area contributed by atoms with Gasteiger partial charge in [-0.2, -0.15) is 0 Å². The Morgan fingerprint density at radius 3 is 2.73 bits per heavy atom. The van der Waals surface area contributed by atoms with E-state index in [2.05, 4.69) is 65.9 Å². The van der Waals surface area contributed by atoms with Crippen LogP contribution in [0.2, 0.25) is 0 Å². The molecule has 2 rings (SSSR count). The Morgan fingerprint density at radius 1 is 1.27 bits per heavy atom. The fraction of sp³-hybridized carbons (Fsp3) is 0.200. The van der Waals surface area contributed by atoms with Crippen molar-refractivity contribution in [1.29, 1.82) is 0 Å². The molecule has 1 aromatic rings. The summed E-state index contributed by atoms with van der Waals surface area (Å²) >= 11 is 2.47. The second-order valence-corrected chi connectivity index (χ2v) is 5.24. The number of rotatable bonds is 0. The van der Waals surface area contributed by atoms with Gasteiger partial charge < -0.3 is 0 Å². The van der Waals surface area contributed by atoms with Crippen LogP contribution in [0, 0.1) is 0 Å². The van der Waals surface area contributed by atoms with Crippen molar-refractivity contribution in [2.24, 2.45) is 0 Å². The zero-order chi connectivity index (χ0) is 7.90. The normalized spacial score (nSPS) is 27.1. The van der Waals surface area contributed by atoms with Crippen LogP contribution in [0.4, 0.5) is 0 Å². The summed E-state index contributed by atoms with van der Waals surface area (Å²) in [6.45, 7) is 2.23. The third-order valence-electron chi connectivity index (χ3n) is 2.06. The van der Waals surface area contributed by atoms with Crippen LogP contribution in [0.5, 0.6) is 0 Å². The minimum Gasteiger partial charge on any atom is -0.0693 e. The Bertz CT molecular complexity index is 310. The van der Waals surface area contributed by atoms with Gasteiger partial charge in [-0.15, -0.1) is 0 Å². The van der Waals surface area contributed by atoms with Crippen LogP contribution < -0.4 is 0 Å². The second kappa shape index (κ2) is 2.34. The molecular formula is C10H9I. The minimum absolute atomic E-state index is 0.217. The molecular weight excluding hydrogens is 247 g/mol. The molecule has 1 heteroatoms. The lowest BCUT2D eigenvalue weighted by atomic mass is 10.0. The summed E-state index contributed by atoms with van der Waals surface area (Å²) in [4.78, 5) is 0. The van der Waals surface area contributed by atoms with Gasteiger partial charge in [-0.05, 0) is 18.1 Å². The average Bonchev–Trinajstić information content (AvgIpc) is 2.29. The minimum atomic E-state index is 0.217. The topological polar surface area (TPSA) is 0 Å². The standard InChI is InChI=1S/C10H9I/c1-10(11)7-6-8-4-2-3-5-9(8)10/h2-7H,1H3. The van der Waals surface area contributed by atoms with Gasteiger partial charge in [0.15, 0.2) is 0 Å². The van der Waals surface area contributed by atoms with Gasteiger partial charge >= 0.3 is 0 Å². The molecule has 0 nitrogen and oxygen atoms in total. The number of hydrogen-bond donors (Lipinski definition) is 0. The molecule has 0 fully saturated rings. The number of fused-ring (bicyclic) bond motifs is 1. The zero-order valence-corrected chi connectivity index (χ0v) is 8.50. The van der Waals surface area contributed by atoms with Crippen LogP contribution >= 0.6 is 22.6 Å². The molecule has 0 bridgehead atoms. The first-order chi connectivity index (χ1) is 5.20. The first-order valence-electron chi connectivity index (χ1n) is 3.68. The van der Waals surface area contributed by atoms with Crippen molar-refractivity contribution < 1.29 is 0 Å². The molecule has 1 aliphatic carbocycles. The van der Waals surface area contributed by atoms with Crippen LogP contribution in [-0.2, 0) is 3.42 Å². The van der Waals surface area contributed by atoms with Crippen LogP contribution in [0.1, 0.15) is 18.1 Å². The van der Waals surface area contributed by atoms with Gasteiger partial charge in [-0.25, -0.2) is 0 Å². The van der Waals surface area contributed by atoms with E-state index in [4.69, 9.17) is 0 Å². The summed E-state index contributed by atoms with van der Waals surface area (Å²) < 4.78 is 0.217. The molecule has 0 spiro atoms. The molecule has 1 atom stereocenters. The van der Waals surface area contributed by atoms with Gasteiger partial charge in [0.05, 0.1) is 3.42 Å². The van der Waals surface area contributed by atoms with Gasteiger partial charge in [0.2, 0.25) is 0 Å². The van der Waals surface area contributed by atoms with E-state index in [1.54, 1.807) is 0 Å². The number of benzene rings is 1.